The van der Waals surface area contributed by atoms with Crippen molar-refractivity contribution in [3.63, 3.8) is 0 Å². The predicted octanol–water partition coefficient (Wildman–Crippen LogP) is 7.92. The van der Waals surface area contributed by atoms with Crippen molar-refractivity contribution in [2.24, 2.45) is 23.2 Å². The molecule has 228 valence electrons. The van der Waals surface area contributed by atoms with Crippen LogP contribution >= 0.6 is 15.9 Å². The molecule has 2 fully saturated rings. The first-order chi connectivity index (χ1) is 22.8. The van der Waals surface area contributed by atoms with Crippen molar-refractivity contribution in [3.05, 3.63) is 153 Å². The molecule has 4 aliphatic heterocycles. The highest BCUT2D eigenvalue weighted by atomic mass is 79.9. The first-order valence-corrected chi connectivity index (χ1v) is 18.6. The lowest BCUT2D eigenvalue weighted by Gasteiger charge is -2.66. The highest BCUT2D eigenvalue weighted by molar-refractivity contribution is 9.11. The zero-order valence-corrected chi connectivity index (χ0v) is 29.1. The fourth-order valence-corrected chi connectivity index (χ4v) is 12.7. The Morgan fingerprint density at radius 1 is 0.830 bits per heavy atom. The van der Waals surface area contributed by atoms with E-state index in [-0.39, 0.29) is 17.5 Å². The van der Waals surface area contributed by atoms with Gasteiger partial charge in [-0.25, -0.2) is 0 Å². The average Bonchev–Trinajstić information content (AvgIpc) is 3.08. The van der Waals surface area contributed by atoms with Gasteiger partial charge in [0, 0.05) is 33.1 Å². The maximum absolute atomic E-state index is 4.05. The maximum Gasteiger partial charge on any atom is 0.237 e. The molecule has 1 saturated carbocycles. The summed E-state index contributed by atoms with van der Waals surface area (Å²) < 4.78 is 1.25. The number of benzene rings is 3. The summed E-state index contributed by atoms with van der Waals surface area (Å²) in [6.07, 6.45) is 16.4. The van der Waals surface area contributed by atoms with Crippen molar-refractivity contribution < 1.29 is 0 Å². The van der Waals surface area contributed by atoms with Gasteiger partial charge in [-0.2, -0.15) is 0 Å². The normalized spacial score (nSPS) is 32.0. The number of allylic oxidation sites excluding steroid dienone is 10. The number of anilines is 1. The average molecular weight is 670 g/mol. The van der Waals surface area contributed by atoms with E-state index in [1.165, 1.54) is 15.4 Å². The predicted molar refractivity (Wildman–Crippen MR) is 202 cm³/mol. The molecule has 47 heavy (non-hydrogen) atoms. The van der Waals surface area contributed by atoms with Crippen molar-refractivity contribution in [1.29, 1.82) is 0 Å². The van der Waals surface area contributed by atoms with E-state index in [1.54, 1.807) is 50.1 Å². The van der Waals surface area contributed by atoms with Gasteiger partial charge in [0.25, 0.3) is 0 Å². The standard InChI is InChI=1S/C43H38B2BrN/c1-42(2)27-16-11-17-31-35(27)38-36-28(42)18-21-33-41(36)47-39-30(22-26(46)23-34(39)45(33)25-14-9-6-10-15-25)43(3,4)29-19-20-32(37(38)40(29)47)44(31)24-12-7-5-8-13-24/h5-20,22-23,27,30,33,35,38-39H,21H2,1-4H3. The van der Waals surface area contributed by atoms with Gasteiger partial charge in [-0.15, -0.1) is 0 Å². The third kappa shape index (κ3) is 3.16. The molecule has 6 unspecified atom stereocenters. The topological polar surface area (TPSA) is 3.24 Å². The zero-order valence-electron chi connectivity index (χ0n) is 27.5. The SMILES string of the molecule is CC1(C)C2=CCC3B(c4ccccc4)C4=CC(Br)=CC5C4N4C3=C2C2c3c(ccc(c34)C5(C)C)B(c3ccccc3)C3=CC=CC1C32. The molecular formula is C43H38B2BrN. The summed E-state index contributed by atoms with van der Waals surface area (Å²) in [5.74, 6) is 2.14. The molecule has 11 rings (SSSR count). The fourth-order valence-electron chi connectivity index (χ4n) is 12.2. The van der Waals surface area contributed by atoms with Gasteiger partial charge in [0.1, 0.15) is 0 Å². The molecule has 4 aliphatic carbocycles. The van der Waals surface area contributed by atoms with E-state index in [9.17, 15) is 0 Å². The lowest BCUT2D eigenvalue weighted by atomic mass is 9.24. The zero-order chi connectivity index (χ0) is 31.6. The number of nitrogens with zero attached hydrogens (tertiary/aromatic N) is 1. The smallest absolute Gasteiger partial charge is 0.237 e. The number of rotatable bonds is 2. The molecule has 0 amide bonds. The van der Waals surface area contributed by atoms with Crippen LogP contribution in [0.5, 0.6) is 0 Å². The largest absolute Gasteiger partial charge is 0.338 e. The fraction of sp³-hybridized carbons (Fsp3) is 0.302. The summed E-state index contributed by atoms with van der Waals surface area (Å²) in [7, 11) is 0. The Morgan fingerprint density at radius 3 is 2.34 bits per heavy atom. The monoisotopic (exact) mass is 669 g/mol. The van der Waals surface area contributed by atoms with Crippen LogP contribution in [0.1, 0.15) is 51.2 Å². The molecule has 3 aromatic rings. The van der Waals surface area contributed by atoms with Crippen LogP contribution in [0.4, 0.5) is 5.69 Å². The van der Waals surface area contributed by atoms with Crippen molar-refractivity contribution in [3.8, 4) is 0 Å². The Morgan fingerprint density at radius 2 is 1.57 bits per heavy atom. The van der Waals surface area contributed by atoms with Gasteiger partial charge in [-0.3, -0.25) is 0 Å². The summed E-state index contributed by atoms with van der Waals surface area (Å²) >= 11 is 4.05. The minimum Gasteiger partial charge on any atom is -0.338 e. The Hall–Kier alpha value is -3.49. The van der Waals surface area contributed by atoms with E-state index >= 15 is 0 Å². The summed E-state index contributed by atoms with van der Waals surface area (Å²) in [5, 5.41) is 0. The maximum atomic E-state index is 4.05. The Kier molecular flexibility index (Phi) is 5.22. The highest BCUT2D eigenvalue weighted by Crippen LogP contribution is 2.70. The Balaban J connectivity index is 1.30. The molecular weight excluding hydrogens is 632 g/mol. The van der Waals surface area contributed by atoms with E-state index in [0.717, 1.165) is 6.42 Å². The molecule has 1 nitrogen and oxygen atoms in total. The molecule has 0 aromatic heterocycles. The molecule has 4 heterocycles. The molecule has 3 aromatic carbocycles. The number of hydrogen-bond donors (Lipinski definition) is 0. The molecule has 6 atom stereocenters. The molecule has 8 aliphatic rings. The Bertz CT molecular complexity index is 2130. The van der Waals surface area contributed by atoms with Gasteiger partial charge in [-0.1, -0.05) is 180 Å². The first-order valence-electron chi connectivity index (χ1n) is 17.8. The van der Waals surface area contributed by atoms with Crippen molar-refractivity contribution in [2.75, 3.05) is 4.90 Å². The molecule has 0 spiro atoms. The third-order valence-corrected chi connectivity index (χ3v) is 14.5. The van der Waals surface area contributed by atoms with Crippen LogP contribution in [0.2, 0.25) is 5.82 Å². The van der Waals surface area contributed by atoms with Gasteiger partial charge in [0.2, 0.25) is 13.4 Å². The quantitative estimate of drug-likeness (QED) is 0.251. The molecule has 4 heteroatoms. The van der Waals surface area contributed by atoms with Gasteiger partial charge >= 0.3 is 0 Å². The molecule has 0 N–H and O–H groups in total. The summed E-state index contributed by atoms with van der Waals surface area (Å²) in [4.78, 5) is 2.96. The van der Waals surface area contributed by atoms with Gasteiger partial charge in [0.15, 0.2) is 0 Å². The van der Waals surface area contributed by atoms with Crippen LogP contribution in [0, 0.1) is 23.2 Å². The summed E-state index contributed by atoms with van der Waals surface area (Å²) in [6.45, 7) is 10.8. The molecule has 0 bridgehead atoms. The lowest BCUT2D eigenvalue weighted by molar-refractivity contribution is 0.200. The first kappa shape index (κ1) is 27.5. The van der Waals surface area contributed by atoms with Crippen molar-refractivity contribution >= 4 is 51.4 Å². The van der Waals surface area contributed by atoms with Crippen molar-refractivity contribution in [1.82, 2.24) is 0 Å². The minimum atomic E-state index is -0.0122. The summed E-state index contributed by atoms with van der Waals surface area (Å²) in [6, 6.07) is 28.3. The van der Waals surface area contributed by atoms with Crippen LogP contribution in [0.15, 0.2) is 142 Å². The van der Waals surface area contributed by atoms with Crippen LogP contribution < -0.4 is 21.3 Å². The Labute approximate surface area is 288 Å². The van der Waals surface area contributed by atoms with E-state index in [4.69, 9.17) is 0 Å². The van der Waals surface area contributed by atoms with Crippen LogP contribution in [0.25, 0.3) is 0 Å². The van der Waals surface area contributed by atoms with Crippen molar-refractivity contribution in [2.45, 2.75) is 57.3 Å². The van der Waals surface area contributed by atoms with E-state index in [1.807, 2.05) is 0 Å². The second-order valence-corrected chi connectivity index (χ2v) is 17.4. The van der Waals surface area contributed by atoms with Crippen LogP contribution in [-0.4, -0.2) is 19.5 Å². The summed E-state index contributed by atoms with van der Waals surface area (Å²) in [5.41, 5.74) is 17.5. The molecule has 1 saturated heterocycles. The highest BCUT2D eigenvalue weighted by Gasteiger charge is 2.65. The van der Waals surface area contributed by atoms with E-state index in [2.05, 4.69) is 158 Å². The molecule has 0 radical (unpaired) electrons. The minimum absolute atomic E-state index is 0.0122. The van der Waals surface area contributed by atoms with Crippen LogP contribution in [0.3, 0.4) is 0 Å². The van der Waals surface area contributed by atoms with Gasteiger partial charge in [0.05, 0.1) is 6.04 Å². The lowest BCUT2D eigenvalue weighted by Crippen LogP contribution is -2.67. The third-order valence-electron chi connectivity index (χ3n) is 14.0. The van der Waals surface area contributed by atoms with Gasteiger partial charge in [-0.05, 0) is 51.8 Å². The second-order valence-electron chi connectivity index (χ2n) is 16.5. The van der Waals surface area contributed by atoms with Crippen LogP contribution in [-0.2, 0) is 5.41 Å². The van der Waals surface area contributed by atoms with E-state index in [0.29, 0.717) is 42.2 Å². The van der Waals surface area contributed by atoms with Gasteiger partial charge < -0.3 is 4.90 Å². The van der Waals surface area contributed by atoms with E-state index < -0.39 is 0 Å². The second kappa shape index (κ2) is 8.94. The number of hydrogen-bond acceptors (Lipinski definition) is 1. The number of halogens is 1.